The molecule has 1 fully saturated rings. The molecular formula is C19H29ClN4O3. The summed E-state index contributed by atoms with van der Waals surface area (Å²) in [6.07, 6.45) is 3.17. The van der Waals surface area contributed by atoms with Crippen molar-refractivity contribution in [3.8, 4) is 0 Å². The van der Waals surface area contributed by atoms with E-state index in [-0.39, 0.29) is 30.1 Å². The van der Waals surface area contributed by atoms with Crippen LogP contribution in [-0.2, 0) is 23.1 Å². The van der Waals surface area contributed by atoms with Crippen LogP contribution in [0.25, 0.3) is 11.0 Å². The normalized spacial score (nSPS) is 15.1. The zero-order chi connectivity index (χ0) is 18.5. The van der Waals surface area contributed by atoms with Crippen molar-refractivity contribution in [2.24, 2.45) is 12.8 Å². The van der Waals surface area contributed by atoms with Gasteiger partial charge in [-0.25, -0.2) is 4.79 Å². The van der Waals surface area contributed by atoms with Gasteiger partial charge in [0.15, 0.2) is 0 Å². The molecule has 2 heterocycles. The van der Waals surface area contributed by atoms with E-state index in [1.807, 2.05) is 29.2 Å². The first-order valence-corrected chi connectivity index (χ1v) is 9.35. The Hall–Kier alpha value is -1.83. The van der Waals surface area contributed by atoms with Crippen LogP contribution in [0.1, 0.15) is 25.7 Å². The minimum absolute atomic E-state index is 0. The number of carbonyl (C=O) groups excluding carboxylic acids is 1. The third-order valence-corrected chi connectivity index (χ3v) is 5.10. The number of fused-ring (bicyclic) bond motifs is 1. The van der Waals surface area contributed by atoms with Gasteiger partial charge in [-0.1, -0.05) is 12.1 Å². The molecule has 0 aliphatic carbocycles. The highest BCUT2D eigenvalue weighted by atomic mass is 35.5. The SMILES string of the molecule is Cl.Cn1c(=O)n(CCC(=O)N2CCC(OCCCN)CC2)c2ccccc21. The summed E-state index contributed by atoms with van der Waals surface area (Å²) in [4.78, 5) is 26.8. The van der Waals surface area contributed by atoms with Gasteiger partial charge in [0.25, 0.3) is 0 Å². The van der Waals surface area contributed by atoms with E-state index in [0.717, 1.165) is 43.4 Å². The van der Waals surface area contributed by atoms with Crippen LogP contribution in [0.3, 0.4) is 0 Å². The number of aryl methyl sites for hydroxylation is 2. The molecule has 1 aromatic heterocycles. The molecule has 0 unspecified atom stereocenters. The lowest BCUT2D eigenvalue weighted by Crippen LogP contribution is -2.41. The first-order chi connectivity index (χ1) is 12.6. The molecule has 0 bridgehead atoms. The van der Waals surface area contributed by atoms with Crippen molar-refractivity contribution < 1.29 is 9.53 Å². The maximum atomic E-state index is 12.5. The van der Waals surface area contributed by atoms with E-state index in [1.165, 1.54) is 0 Å². The van der Waals surface area contributed by atoms with Gasteiger partial charge >= 0.3 is 5.69 Å². The average Bonchev–Trinajstić information content (AvgIpc) is 2.91. The second-order valence-electron chi connectivity index (χ2n) is 6.83. The molecule has 1 aliphatic rings. The van der Waals surface area contributed by atoms with Crippen LogP contribution in [0.5, 0.6) is 0 Å². The summed E-state index contributed by atoms with van der Waals surface area (Å²) in [5.74, 6) is 0.102. The number of carbonyl (C=O) groups is 1. The predicted octanol–water partition coefficient (Wildman–Crippen LogP) is 1.51. The van der Waals surface area contributed by atoms with Crippen molar-refractivity contribution in [1.82, 2.24) is 14.0 Å². The van der Waals surface area contributed by atoms with E-state index >= 15 is 0 Å². The molecule has 150 valence electrons. The second-order valence-corrected chi connectivity index (χ2v) is 6.83. The quantitative estimate of drug-likeness (QED) is 0.719. The Kier molecular flexibility index (Phi) is 7.89. The molecule has 0 radical (unpaired) electrons. The fourth-order valence-corrected chi connectivity index (χ4v) is 3.55. The topological polar surface area (TPSA) is 82.5 Å². The van der Waals surface area contributed by atoms with Crippen LogP contribution in [0.2, 0.25) is 0 Å². The van der Waals surface area contributed by atoms with E-state index in [2.05, 4.69) is 0 Å². The van der Waals surface area contributed by atoms with Crippen molar-refractivity contribution >= 4 is 29.3 Å². The van der Waals surface area contributed by atoms with Crippen LogP contribution < -0.4 is 11.4 Å². The van der Waals surface area contributed by atoms with Crippen LogP contribution in [0, 0.1) is 0 Å². The highest BCUT2D eigenvalue weighted by Gasteiger charge is 2.23. The lowest BCUT2D eigenvalue weighted by Gasteiger charge is -2.32. The number of piperidine rings is 1. The summed E-state index contributed by atoms with van der Waals surface area (Å²) in [5.41, 5.74) is 7.16. The number of para-hydroxylation sites is 2. The van der Waals surface area contributed by atoms with Crippen LogP contribution in [0.15, 0.2) is 29.1 Å². The number of aromatic nitrogens is 2. The molecular weight excluding hydrogens is 368 g/mol. The highest BCUT2D eigenvalue weighted by Crippen LogP contribution is 2.16. The van der Waals surface area contributed by atoms with Crippen molar-refractivity contribution in [1.29, 1.82) is 0 Å². The standard InChI is InChI=1S/C19H28N4O3.ClH/c1-21-16-5-2-3-6-17(16)23(19(21)25)13-9-18(24)22-11-7-15(8-12-22)26-14-4-10-20;/h2-3,5-6,15H,4,7-14,20H2,1H3;1H. The van der Waals surface area contributed by atoms with Gasteiger partial charge in [0.05, 0.1) is 17.1 Å². The van der Waals surface area contributed by atoms with Gasteiger partial charge in [-0.3, -0.25) is 13.9 Å². The third-order valence-electron chi connectivity index (χ3n) is 5.10. The molecule has 1 saturated heterocycles. The van der Waals surface area contributed by atoms with E-state index in [9.17, 15) is 9.59 Å². The number of benzene rings is 1. The molecule has 27 heavy (non-hydrogen) atoms. The fraction of sp³-hybridized carbons (Fsp3) is 0.579. The Morgan fingerprint density at radius 2 is 1.89 bits per heavy atom. The van der Waals surface area contributed by atoms with Crippen molar-refractivity contribution in [3.05, 3.63) is 34.7 Å². The Morgan fingerprint density at radius 3 is 2.56 bits per heavy atom. The number of likely N-dealkylation sites (tertiary alicyclic amines) is 1. The van der Waals surface area contributed by atoms with Gasteiger partial charge in [-0.05, 0) is 37.9 Å². The summed E-state index contributed by atoms with van der Waals surface area (Å²) in [6.45, 7) is 3.18. The van der Waals surface area contributed by atoms with E-state index in [4.69, 9.17) is 10.5 Å². The molecule has 0 atom stereocenters. The Labute approximate surface area is 165 Å². The monoisotopic (exact) mass is 396 g/mol. The van der Waals surface area contributed by atoms with Gasteiger partial charge in [-0.15, -0.1) is 12.4 Å². The summed E-state index contributed by atoms with van der Waals surface area (Å²) < 4.78 is 9.10. The molecule has 0 spiro atoms. The largest absolute Gasteiger partial charge is 0.378 e. The lowest BCUT2D eigenvalue weighted by molar-refractivity contribution is -0.134. The second kappa shape index (κ2) is 9.92. The maximum Gasteiger partial charge on any atom is 0.328 e. The van der Waals surface area contributed by atoms with Gasteiger partial charge in [0.1, 0.15) is 0 Å². The maximum absolute atomic E-state index is 12.5. The predicted molar refractivity (Wildman–Crippen MR) is 108 cm³/mol. The highest BCUT2D eigenvalue weighted by molar-refractivity contribution is 5.85. The van der Waals surface area contributed by atoms with E-state index < -0.39 is 0 Å². The van der Waals surface area contributed by atoms with Crippen molar-refractivity contribution in [2.45, 2.75) is 38.3 Å². The number of hydrogen-bond donors (Lipinski definition) is 1. The molecule has 1 amide bonds. The smallest absolute Gasteiger partial charge is 0.328 e. The first kappa shape index (κ1) is 21.5. The Balaban J connectivity index is 0.00000261. The number of halogens is 1. The molecule has 1 aromatic carbocycles. The minimum atomic E-state index is -0.0778. The molecule has 3 rings (SSSR count). The fourth-order valence-electron chi connectivity index (χ4n) is 3.55. The van der Waals surface area contributed by atoms with E-state index in [1.54, 1.807) is 16.2 Å². The number of nitrogens with two attached hydrogens (primary N) is 1. The number of ether oxygens (including phenoxy) is 1. The average molecular weight is 397 g/mol. The Morgan fingerprint density at radius 1 is 1.22 bits per heavy atom. The summed E-state index contributed by atoms with van der Waals surface area (Å²) in [6, 6.07) is 7.67. The number of rotatable bonds is 7. The molecule has 8 heteroatoms. The molecule has 2 N–H and O–H groups in total. The first-order valence-electron chi connectivity index (χ1n) is 9.35. The third kappa shape index (κ3) is 4.91. The molecule has 0 saturated carbocycles. The van der Waals surface area contributed by atoms with Gasteiger partial charge in [0.2, 0.25) is 5.91 Å². The molecule has 7 nitrogen and oxygen atoms in total. The van der Waals surface area contributed by atoms with Crippen LogP contribution in [0.4, 0.5) is 0 Å². The molecule has 2 aromatic rings. The lowest BCUT2D eigenvalue weighted by atomic mass is 10.1. The van der Waals surface area contributed by atoms with Gasteiger partial charge < -0.3 is 15.4 Å². The van der Waals surface area contributed by atoms with Crippen LogP contribution in [-0.4, -0.2) is 52.3 Å². The number of imidazole rings is 1. The Bertz CT molecular complexity index is 809. The summed E-state index contributed by atoms with van der Waals surface area (Å²) in [7, 11) is 1.76. The number of hydrogen-bond acceptors (Lipinski definition) is 4. The van der Waals surface area contributed by atoms with E-state index in [0.29, 0.717) is 26.1 Å². The summed E-state index contributed by atoms with van der Waals surface area (Å²) >= 11 is 0. The van der Waals surface area contributed by atoms with Crippen molar-refractivity contribution in [2.75, 3.05) is 26.2 Å². The zero-order valence-corrected chi connectivity index (χ0v) is 16.6. The summed E-state index contributed by atoms with van der Waals surface area (Å²) in [5, 5.41) is 0. The zero-order valence-electron chi connectivity index (χ0n) is 15.8. The van der Waals surface area contributed by atoms with Gasteiger partial charge in [0, 0.05) is 39.7 Å². The number of amides is 1. The molecule has 1 aliphatic heterocycles. The number of nitrogens with zero attached hydrogens (tertiary/aromatic N) is 3. The van der Waals surface area contributed by atoms with Crippen molar-refractivity contribution in [3.63, 3.8) is 0 Å². The van der Waals surface area contributed by atoms with Crippen LogP contribution >= 0.6 is 12.4 Å². The minimum Gasteiger partial charge on any atom is -0.378 e. The van der Waals surface area contributed by atoms with Gasteiger partial charge in [-0.2, -0.15) is 0 Å².